The zero-order valence-electron chi connectivity index (χ0n) is 8.95. The molecule has 0 N–H and O–H groups in total. The van der Waals surface area contributed by atoms with Crippen molar-refractivity contribution in [2.45, 2.75) is 6.42 Å². The van der Waals surface area contributed by atoms with Gasteiger partial charge < -0.3 is 9.47 Å². The van der Waals surface area contributed by atoms with Gasteiger partial charge in [-0.3, -0.25) is 4.79 Å². The molecule has 0 aliphatic rings. The Morgan fingerprint density at radius 2 is 2.00 bits per heavy atom. The highest BCUT2D eigenvalue weighted by Crippen LogP contribution is 2.24. The SMILES string of the molecule is COC(=O)C(=O)Cc1ccc(Br)cc1OC. The molecule has 5 heteroatoms. The first kappa shape index (κ1) is 12.7. The van der Waals surface area contributed by atoms with Gasteiger partial charge in [0.2, 0.25) is 5.78 Å². The second-order valence-electron chi connectivity index (χ2n) is 3.05. The standard InChI is InChI=1S/C11H11BrO4/c1-15-10-6-8(12)4-3-7(10)5-9(13)11(14)16-2/h3-4,6H,5H2,1-2H3. The van der Waals surface area contributed by atoms with Crippen molar-refractivity contribution in [3.8, 4) is 5.75 Å². The molecule has 16 heavy (non-hydrogen) atoms. The summed E-state index contributed by atoms with van der Waals surface area (Å²) in [5.74, 6) is -0.875. The number of ketones is 1. The van der Waals surface area contributed by atoms with Crippen LogP contribution in [0.3, 0.4) is 0 Å². The Labute approximate surface area is 102 Å². The molecule has 0 bridgehead atoms. The lowest BCUT2D eigenvalue weighted by atomic mass is 10.1. The molecule has 0 heterocycles. The lowest BCUT2D eigenvalue weighted by molar-refractivity contribution is -0.151. The molecular formula is C11H11BrO4. The number of methoxy groups -OCH3 is 2. The van der Waals surface area contributed by atoms with Gasteiger partial charge in [0.15, 0.2) is 0 Å². The van der Waals surface area contributed by atoms with Gasteiger partial charge in [-0.25, -0.2) is 4.79 Å². The largest absolute Gasteiger partial charge is 0.496 e. The van der Waals surface area contributed by atoms with E-state index < -0.39 is 11.8 Å². The van der Waals surface area contributed by atoms with Crippen LogP contribution in [0.2, 0.25) is 0 Å². The Bertz CT molecular complexity index is 414. The lowest BCUT2D eigenvalue weighted by Crippen LogP contribution is -2.18. The summed E-state index contributed by atoms with van der Waals surface area (Å²) in [5, 5.41) is 0. The third kappa shape index (κ3) is 3.06. The first-order valence-corrected chi connectivity index (χ1v) is 5.31. The molecule has 4 nitrogen and oxygen atoms in total. The van der Waals surface area contributed by atoms with Crippen molar-refractivity contribution in [2.75, 3.05) is 14.2 Å². The Kier molecular flexibility index (Phi) is 4.49. The van der Waals surface area contributed by atoms with Crippen LogP contribution in [0.1, 0.15) is 5.56 Å². The summed E-state index contributed by atoms with van der Waals surface area (Å²) in [6.07, 6.45) is -0.0247. The fourth-order valence-electron chi connectivity index (χ4n) is 1.22. The molecule has 1 rings (SSSR count). The predicted octanol–water partition coefficient (Wildman–Crippen LogP) is 1.74. The Balaban J connectivity index is 2.89. The van der Waals surface area contributed by atoms with Crippen molar-refractivity contribution < 1.29 is 19.1 Å². The van der Waals surface area contributed by atoms with Crippen LogP contribution in [-0.2, 0) is 20.7 Å². The molecule has 0 aliphatic carbocycles. The van der Waals surface area contributed by atoms with Crippen molar-refractivity contribution in [1.29, 1.82) is 0 Å². The number of hydrogen-bond donors (Lipinski definition) is 0. The van der Waals surface area contributed by atoms with Crippen molar-refractivity contribution in [2.24, 2.45) is 0 Å². The molecule has 0 saturated carbocycles. The van der Waals surface area contributed by atoms with Crippen LogP contribution in [0.4, 0.5) is 0 Å². The van der Waals surface area contributed by atoms with E-state index in [0.717, 1.165) is 4.47 Å². The summed E-state index contributed by atoms with van der Waals surface area (Å²) in [6, 6.07) is 5.24. The second kappa shape index (κ2) is 5.65. The highest BCUT2D eigenvalue weighted by atomic mass is 79.9. The molecule has 0 spiro atoms. The van der Waals surface area contributed by atoms with Gasteiger partial charge in [-0.1, -0.05) is 22.0 Å². The first-order chi connectivity index (χ1) is 7.58. The summed E-state index contributed by atoms with van der Waals surface area (Å²) in [5.41, 5.74) is 0.654. The van der Waals surface area contributed by atoms with E-state index in [1.54, 1.807) is 18.2 Å². The van der Waals surface area contributed by atoms with Crippen LogP contribution in [-0.4, -0.2) is 26.0 Å². The van der Waals surface area contributed by atoms with E-state index in [4.69, 9.17) is 4.74 Å². The maximum Gasteiger partial charge on any atom is 0.374 e. The molecule has 0 unspecified atom stereocenters. The summed E-state index contributed by atoms with van der Waals surface area (Å²) in [7, 11) is 2.69. The number of carbonyl (C=O) groups is 2. The van der Waals surface area contributed by atoms with E-state index in [1.807, 2.05) is 0 Å². The smallest absolute Gasteiger partial charge is 0.374 e. The molecule has 0 aromatic heterocycles. The molecule has 0 aliphatic heterocycles. The van der Waals surface area contributed by atoms with Gasteiger partial charge in [-0.05, 0) is 12.1 Å². The lowest BCUT2D eigenvalue weighted by Gasteiger charge is -2.07. The quantitative estimate of drug-likeness (QED) is 0.625. The monoisotopic (exact) mass is 286 g/mol. The van der Waals surface area contributed by atoms with E-state index in [2.05, 4.69) is 20.7 Å². The molecule has 0 amide bonds. The molecule has 1 aromatic rings. The summed E-state index contributed by atoms with van der Waals surface area (Å²) >= 11 is 3.29. The molecule has 0 radical (unpaired) electrons. The number of carbonyl (C=O) groups excluding carboxylic acids is 2. The summed E-state index contributed by atoms with van der Waals surface area (Å²) < 4.78 is 10.3. The van der Waals surface area contributed by atoms with Crippen LogP contribution < -0.4 is 4.74 Å². The van der Waals surface area contributed by atoms with Gasteiger partial charge in [0.1, 0.15) is 5.75 Å². The van der Waals surface area contributed by atoms with Crippen molar-refractivity contribution in [3.63, 3.8) is 0 Å². The highest BCUT2D eigenvalue weighted by Gasteiger charge is 2.16. The minimum atomic E-state index is -0.843. The average Bonchev–Trinajstić information content (AvgIpc) is 2.30. The van der Waals surface area contributed by atoms with Crippen molar-refractivity contribution >= 4 is 27.7 Å². The Morgan fingerprint density at radius 1 is 1.31 bits per heavy atom. The van der Waals surface area contributed by atoms with Gasteiger partial charge in [0.25, 0.3) is 0 Å². The predicted molar refractivity (Wildman–Crippen MR) is 61.4 cm³/mol. The van der Waals surface area contributed by atoms with Crippen molar-refractivity contribution in [1.82, 2.24) is 0 Å². The number of benzene rings is 1. The van der Waals surface area contributed by atoms with Gasteiger partial charge in [-0.15, -0.1) is 0 Å². The first-order valence-electron chi connectivity index (χ1n) is 4.52. The third-order valence-corrected chi connectivity index (χ3v) is 2.51. The molecule has 1 aromatic carbocycles. The van der Waals surface area contributed by atoms with E-state index >= 15 is 0 Å². The highest BCUT2D eigenvalue weighted by molar-refractivity contribution is 9.10. The van der Waals surface area contributed by atoms with Crippen LogP contribution in [0.25, 0.3) is 0 Å². The fraction of sp³-hybridized carbons (Fsp3) is 0.273. The van der Waals surface area contributed by atoms with Gasteiger partial charge >= 0.3 is 5.97 Å². The minimum Gasteiger partial charge on any atom is -0.496 e. The number of hydrogen-bond acceptors (Lipinski definition) is 4. The molecular weight excluding hydrogens is 276 g/mol. The summed E-state index contributed by atoms with van der Waals surface area (Å²) in [6.45, 7) is 0. The van der Waals surface area contributed by atoms with Gasteiger partial charge in [0, 0.05) is 16.5 Å². The summed E-state index contributed by atoms with van der Waals surface area (Å²) in [4.78, 5) is 22.3. The van der Waals surface area contributed by atoms with Crippen LogP contribution in [0.15, 0.2) is 22.7 Å². The maximum absolute atomic E-state index is 11.4. The van der Waals surface area contributed by atoms with Gasteiger partial charge in [-0.2, -0.15) is 0 Å². The number of ether oxygens (including phenoxy) is 2. The molecule has 86 valence electrons. The molecule has 0 fully saturated rings. The Morgan fingerprint density at radius 3 is 2.56 bits per heavy atom. The number of halogens is 1. The third-order valence-electron chi connectivity index (χ3n) is 2.01. The van der Waals surface area contributed by atoms with E-state index in [1.165, 1.54) is 14.2 Å². The average molecular weight is 287 g/mol. The fourth-order valence-corrected chi connectivity index (χ4v) is 1.56. The van der Waals surface area contributed by atoms with Gasteiger partial charge in [0.05, 0.1) is 14.2 Å². The maximum atomic E-state index is 11.4. The topological polar surface area (TPSA) is 52.6 Å². The zero-order valence-corrected chi connectivity index (χ0v) is 10.5. The number of Topliss-reactive ketones (excluding diaryl/α,β-unsaturated/α-hetero) is 1. The normalized spacial score (nSPS) is 9.69. The van der Waals surface area contributed by atoms with E-state index in [-0.39, 0.29) is 6.42 Å². The number of esters is 1. The molecule has 0 saturated heterocycles. The van der Waals surface area contributed by atoms with Crippen molar-refractivity contribution in [3.05, 3.63) is 28.2 Å². The van der Waals surface area contributed by atoms with Crippen LogP contribution in [0.5, 0.6) is 5.75 Å². The zero-order chi connectivity index (χ0) is 12.1. The Hall–Kier alpha value is -1.36. The number of rotatable bonds is 4. The minimum absolute atomic E-state index is 0.0247. The second-order valence-corrected chi connectivity index (χ2v) is 3.96. The van der Waals surface area contributed by atoms with Crippen LogP contribution in [0, 0.1) is 0 Å². The van der Waals surface area contributed by atoms with E-state index in [0.29, 0.717) is 11.3 Å². The molecule has 0 atom stereocenters. The van der Waals surface area contributed by atoms with Crippen LogP contribution >= 0.6 is 15.9 Å². The van der Waals surface area contributed by atoms with E-state index in [9.17, 15) is 9.59 Å².